The van der Waals surface area contributed by atoms with E-state index in [1.165, 1.54) is 12.1 Å². The van der Waals surface area contributed by atoms with Crippen LogP contribution in [0.1, 0.15) is 32.6 Å². The number of amides is 1. The molecule has 114 valence electrons. The number of carbonyl (C=O) groups excluding carboxylic acids is 1. The molecular formula is C14H18N2O5. The van der Waals surface area contributed by atoms with Gasteiger partial charge in [-0.15, -0.1) is 0 Å². The molecule has 1 aromatic rings. The summed E-state index contributed by atoms with van der Waals surface area (Å²) in [6, 6.07) is 3.51. The van der Waals surface area contributed by atoms with Gasteiger partial charge in [-0.2, -0.15) is 0 Å². The summed E-state index contributed by atoms with van der Waals surface area (Å²) in [7, 11) is 0. The van der Waals surface area contributed by atoms with Crippen LogP contribution in [0.4, 0.5) is 11.4 Å². The summed E-state index contributed by atoms with van der Waals surface area (Å²) in [5.41, 5.74) is -0.133. The molecule has 1 aliphatic heterocycles. The number of ether oxygens (including phenoxy) is 1. The lowest BCUT2D eigenvalue weighted by Crippen LogP contribution is -2.16. The van der Waals surface area contributed by atoms with E-state index < -0.39 is 4.92 Å². The van der Waals surface area contributed by atoms with E-state index in [-0.39, 0.29) is 41.7 Å². The van der Waals surface area contributed by atoms with E-state index in [1.807, 2.05) is 6.92 Å². The summed E-state index contributed by atoms with van der Waals surface area (Å²) in [5.74, 6) is -0.492. The monoisotopic (exact) mass is 294 g/mol. The lowest BCUT2D eigenvalue weighted by molar-refractivity contribution is -0.384. The second-order valence-electron chi connectivity index (χ2n) is 5.19. The molecule has 0 bridgehead atoms. The van der Waals surface area contributed by atoms with E-state index in [2.05, 4.69) is 5.32 Å². The largest absolute Gasteiger partial charge is 0.506 e. The number of rotatable bonds is 5. The first-order valence-corrected chi connectivity index (χ1v) is 6.88. The second kappa shape index (κ2) is 6.53. The molecule has 21 heavy (non-hydrogen) atoms. The number of aromatic hydroxyl groups is 1. The van der Waals surface area contributed by atoms with Crippen LogP contribution in [0.2, 0.25) is 0 Å². The fourth-order valence-corrected chi connectivity index (χ4v) is 2.34. The number of nitrogens with one attached hydrogen (secondary N) is 1. The summed E-state index contributed by atoms with van der Waals surface area (Å²) in [5, 5.41) is 22.8. The van der Waals surface area contributed by atoms with Crippen molar-refractivity contribution in [3.8, 4) is 5.75 Å². The van der Waals surface area contributed by atoms with Gasteiger partial charge in [0.15, 0.2) is 0 Å². The number of nitrogens with zero attached hydrogens (tertiary/aromatic N) is 1. The smallest absolute Gasteiger partial charge is 0.271 e. The van der Waals surface area contributed by atoms with Crippen LogP contribution in [-0.2, 0) is 9.53 Å². The highest BCUT2D eigenvalue weighted by molar-refractivity contribution is 5.92. The lowest BCUT2D eigenvalue weighted by atomic mass is 10.1. The fourth-order valence-electron chi connectivity index (χ4n) is 2.34. The number of nitro benzene ring substituents is 1. The Morgan fingerprint density at radius 2 is 2.29 bits per heavy atom. The Bertz CT molecular complexity index is 546. The van der Waals surface area contributed by atoms with E-state index in [1.54, 1.807) is 0 Å². The molecule has 0 saturated carbocycles. The summed E-state index contributed by atoms with van der Waals surface area (Å²) < 4.78 is 5.62. The predicted octanol–water partition coefficient (Wildman–Crippen LogP) is 2.59. The van der Waals surface area contributed by atoms with E-state index in [9.17, 15) is 20.0 Å². The van der Waals surface area contributed by atoms with E-state index in [4.69, 9.17) is 4.74 Å². The lowest BCUT2D eigenvalue weighted by Gasteiger charge is -2.11. The van der Waals surface area contributed by atoms with Gasteiger partial charge in [0, 0.05) is 18.6 Å². The molecule has 7 nitrogen and oxygen atoms in total. The van der Waals surface area contributed by atoms with Crippen LogP contribution in [0.15, 0.2) is 18.2 Å². The molecule has 0 spiro atoms. The highest BCUT2D eigenvalue weighted by Gasteiger charge is 2.22. The van der Waals surface area contributed by atoms with Crippen LogP contribution in [-0.4, -0.2) is 28.1 Å². The predicted molar refractivity (Wildman–Crippen MR) is 76.2 cm³/mol. The number of phenols is 1. The zero-order chi connectivity index (χ0) is 15.4. The Labute approximate surface area is 122 Å². The van der Waals surface area contributed by atoms with Gasteiger partial charge in [-0.1, -0.05) is 0 Å². The van der Waals surface area contributed by atoms with Gasteiger partial charge in [0.2, 0.25) is 5.91 Å². The molecule has 1 heterocycles. The standard InChI is InChI=1S/C14H18N2O5/c1-9-2-4-11(21-9)5-7-14(18)15-12-8-10(16(19)20)3-6-13(12)17/h3,6,8-9,11,17H,2,4-5,7H2,1H3,(H,15,18). The van der Waals surface area contributed by atoms with Crippen molar-refractivity contribution >= 4 is 17.3 Å². The molecule has 7 heteroatoms. The minimum Gasteiger partial charge on any atom is -0.506 e. The first-order chi connectivity index (χ1) is 9.95. The van der Waals surface area contributed by atoms with Crippen molar-refractivity contribution in [2.45, 2.75) is 44.8 Å². The zero-order valence-corrected chi connectivity index (χ0v) is 11.7. The Kier molecular flexibility index (Phi) is 4.74. The molecule has 2 N–H and O–H groups in total. The third-order valence-electron chi connectivity index (χ3n) is 3.48. The molecule has 0 radical (unpaired) electrons. The molecule has 1 aromatic carbocycles. The van der Waals surface area contributed by atoms with Crippen LogP contribution < -0.4 is 5.32 Å². The molecular weight excluding hydrogens is 276 g/mol. The van der Waals surface area contributed by atoms with Gasteiger partial charge < -0.3 is 15.2 Å². The van der Waals surface area contributed by atoms with Gasteiger partial charge >= 0.3 is 0 Å². The van der Waals surface area contributed by atoms with Crippen molar-refractivity contribution in [2.24, 2.45) is 0 Å². The number of nitro groups is 1. The molecule has 1 fully saturated rings. The van der Waals surface area contributed by atoms with Crippen LogP contribution in [0.3, 0.4) is 0 Å². The summed E-state index contributed by atoms with van der Waals surface area (Å²) in [6.45, 7) is 2.00. The minimum absolute atomic E-state index is 0.0508. The molecule has 1 saturated heterocycles. The number of carbonyl (C=O) groups is 1. The average Bonchev–Trinajstić information content (AvgIpc) is 2.84. The quantitative estimate of drug-likeness (QED) is 0.493. The number of benzene rings is 1. The number of non-ortho nitro benzene ring substituents is 1. The van der Waals surface area contributed by atoms with Gasteiger partial charge in [-0.3, -0.25) is 14.9 Å². The summed E-state index contributed by atoms with van der Waals surface area (Å²) in [6.07, 6.45) is 3.11. The van der Waals surface area contributed by atoms with Crippen LogP contribution in [0.5, 0.6) is 5.75 Å². The highest BCUT2D eigenvalue weighted by atomic mass is 16.6. The van der Waals surface area contributed by atoms with Gasteiger partial charge in [0.25, 0.3) is 5.69 Å². The van der Waals surface area contributed by atoms with Crippen LogP contribution >= 0.6 is 0 Å². The summed E-state index contributed by atoms with van der Waals surface area (Å²) in [4.78, 5) is 21.9. The van der Waals surface area contributed by atoms with Crippen molar-refractivity contribution < 1.29 is 19.6 Å². The van der Waals surface area contributed by atoms with Crippen LogP contribution in [0, 0.1) is 10.1 Å². The van der Waals surface area contributed by atoms with Gasteiger partial charge in [-0.25, -0.2) is 0 Å². The van der Waals surface area contributed by atoms with Crippen molar-refractivity contribution in [3.05, 3.63) is 28.3 Å². The molecule has 1 amide bonds. The Hall–Kier alpha value is -2.15. The minimum atomic E-state index is -0.581. The van der Waals surface area contributed by atoms with Crippen molar-refractivity contribution in [3.63, 3.8) is 0 Å². The van der Waals surface area contributed by atoms with Gasteiger partial charge in [0.05, 0.1) is 22.8 Å². The SMILES string of the molecule is CC1CCC(CCC(=O)Nc2cc([N+](=O)[O-])ccc2O)O1. The topological polar surface area (TPSA) is 102 Å². The Balaban J connectivity index is 1.90. The van der Waals surface area contributed by atoms with E-state index in [0.717, 1.165) is 18.9 Å². The number of phenolic OH excluding ortho intramolecular Hbond substituents is 1. The molecule has 2 rings (SSSR count). The van der Waals surface area contributed by atoms with Crippen molar-refractivity contribution in [2.75, 3.05) is 5.32 Å². The fraction of sp³-hybridized carbons (Fsp3) is 0.500. The maximum Gasteiger partial charge on any atom is 0.271 e. The highest BCUT2D eigenvalue weighted by Crippen LogP contribution is 2.28. The Morgan fingerprint density at radius 1 is 1.52 bits per heavy atom. The van der Waals surface area contributed by atoms with Gasteiger partial charge in [-0.05, 0) is 32.3 Å². The zero-order valence-electron chi connectivity index (χ0n) is 11.7. The third kappa shape index (κ3) is 4.16. The molecule has 1 aliphatic rings. The average molecular weight is 294 g/mol. The van der Waals surface area contributed by atoms with E-state index >= 15 is 0 Å². The molecule has 0 aliphatic carbocycles. The molecule has 0 aromatic heterocycles. The second-order valence-corrected chi connectivity index (χ2v) is 5.19. The van der Waals surface area contributed by atoms with Crippen molar-refractivity contribution in [1.82, 2.24) is 0 Å². The van der Waals surface area contributed by atoms with E-state index in [0.29, 0.717) is 6.42 Å². The normalized spacial score (nSPS) is 21.2. The Morgan fingerprint density at radius 3 is 2.90 bits per heavy atom. The van der Waals surface area contributed by atoms with Crippen LogP contribution in [0.25, 0.3) is 0 Å². The third-order valence-corrected chi connectivity index (χ3v) is 3.48. The number of hydrogen-bond donors (Lipinski definition) is 2. The first-order valence-electron chi connectivity index (χ1n) is 6.88. The molecule has 2 unspecified atom stereocenters. The number of hydrogen-bond acceptors (Lipinski definition) is 5. The maximum atomic E-state index is 11.8. The first kappa shape index (κ1) is 15.2. The molecule has 2 atom stereocenters. The van der Waals surface area contributed by atoms with Gasteiger partial charge in [0.1, 0.15) is 5.75 Å². The summed E-state index contributed by atoms with van der Waals surface area (Å²) >= 11 is 0. The van der Waals surface area contributed by atoms with Crippen molar-refractivity contribution in [1.29, 1.82) is 0 Å². The number of anilines is 1. The maximum absolute atomic E-state index is 11.8.